The lowest BCUT2D eigenvalue weighted by Crippen LogP contribution is -2.11. The third kappa shape index (κ3) is 55.1. The number of hydrogen-bond donors (Lipinski definition) is 0. The third-order valence-electron chi connectivity index (χ3n) is 4.84. The Morgan fingerprint density at radius 2 is 1.34 bits per heavy atom. The molecule has 0 aromatic carbocycles. The molecule has 38 heavy (non-hydrogen) atoms. The number of nitrogens with zero attached hydrogens (tertiary/aromatic N) is 3. The summed E-state index contributed by atoms with van der Waals surface area (Å²) >= 11 is 0. The van der Waals surface area contributed by atoms with Gasteiger partial charge in [-0.1, -0.05) is 84.6 Å². The Labute approximate surface area is 242 Å². The van der Waals surface area contributed by atoms with E-state index in [9.17, 15) is 0 Å². The Hall–Kier alpha value is -1.57. The van der Waals surface area contributed by atoms with Gasteiger partial charge in [0.2, 0.25) is 0 Å². The topological polar surface area (TPSA) is 28.1 Å². The molecular weight excluding hydrogens is 466 g/mol. The van der Waals surface area contributed by atoms with Crippen LogP contribution in [0.1, 0.15) is 134 Å². The second-order valence-electron chi connectivity index (χ2n) is 9.47. The van der Waals surface area contributed by atoms with E-state index in [0.29, 0.717) is 0 Å². The van der Waals surface area contributed by atoms with Gasteiger partial charge in [-0.15, -0.1) is 11.8 Å². The van der Waals surface area contributed by atoms with Crippen LogP contribution in [-0.4, -0.2) is 63.6 Å². The van der Waals surface area contributed by atoms with Crippen molar-refractivity contribution in [2.45, 2.75) is 134 Å². The van der Waals surface area contributed by atoms with Gasteiger partial charge < -0.3 is 9.64 Å². The van der Waals surface area contributed by atoms with Gasteiger partial charge in [-0.2, -0.15) is 5.10 Å². The maximum absolute atomic E-state index is 4.69. The Bertz CT molecular complexity index is 558. The van der Waals surface area contributed by atoms with Crippen LogP contribution in [0.4, 0.5) is 0 Å². The summed E-state index contributed by atoms with van der Waals surface area (Å²) in [5.74, 6) is 5.77. The summed E-state index contributed by atoms with van der Waals surface area (Å²) in [5.41, 5.74) is 4.27. The smallest absolute Gasteiger partial charge is 0.0459 e. The zero-order valence-electron chi connectivity index (χ0n) is 28.9. The van der Waals surface area contributed by atoms with Crippen LogP contribution in [0.2, 0.25) is 0 Å². The van der Waals surface area contributed by atoms with E-state index in [0.717, 1.165) is 32.4 Å². The molecule has 0 radical (unpaired) electrons. The number of unbranched alkanes of at least 4 members (excludes halogenated alkanes) is 2. The van der Waals surface area contributed by atoms with Crippen LogP contribution in [-0.2, 0) is 4.74 Å². The van der Waals surface area contributed by atoms with Crippen LogP contribution >= 0.6 is 0 Å². The Kier molecular flexibility index (Phi) is 51.8. The van der Waals surface area contributed by atoms with E-state index in [1.54, 1.807) is 7.11 Å². The van der Waals surface area contributed by atoms with Crippen LogP contribution in [0.3, 0.4) is 0 Å². The molecule has 0 saturated carbocycles. The number of rotatable bonds is 6. The van der Waals surface area contributed by atoms with Gasteiger partial charge in [0.1, 0.15) is 0 Å². The quantitative estimate of drug-likeness (QED) is 0.315. The molecule has 2 rings (SSSR count). The molecule has 4 nitrogen and oxygen atoms in total. The average molecular weight is 538 g/mol. The number of allylic oxidation sites excluding steroid dienone is 4. The van der Waals surface area contributed by atoms with Gasteiger partial charge in [0.05, 0.1) is 0 Å². The van der Waals surface area contributed by atoms with Crippen molar-refractivity contribution < 1.29 is 4.74 Å². The summed E-state index contributed by atoms with van der Waals surface area (Å²) in [4.78, 5) is 2.18. The van der Waals surface area contributed by atoms with Crippen molar-refractivity contribution in [2.24, 2.45) is 5.10 Å². The van der Waals surface area contributed by atoms with E-state index < -0.39 is 0 Å². The lowest BCUT2D eigenvalue weighted by Gasteiger charge is -2.05. The largest absolute Gasteiger partial charge is 0.385 e. The maximum Gasteiger partial charge on any atom is 0.0459 e. The molecule has 2 aliphatic rings. The first-order chi connectivity index (χ1) is 18.1. The van der Waals surface area contributed by atoms with Crippen molar-refractivity contribution >= 4 is 5.71 Å². The summed E-state index contributed by atoms with van der Waals surface area (Å²) in [5, 5.41) is 6.11. The van der Waals surface area contributed by atoms with E-state index in [1.165, 1.54) is 61.9 Å². The summed E-state index contributed by atoms with van der Waals surface area (Å²) in [6, 6.07) is 0. The monoisotopic (exact) mass is 538 g/mol. The highest BCUT2D eigenvalue weighted by Gasteiger charge is 2.03. The Morgan fingerprint density at radius 1 is 0.842 bits per heavy atom. The molecule has 228 valence electrons. The SMILES string of the molecule is CC.CC#CCCC.CC1=CC=C(C)CC1.CC1=NN(C)CC1.CCCC.CCCN(C)C.CCCOC. The highest BCUT2D eigenvalue weighted by molar-refractivity contribution is 5.82. The van der Waals surface area contributed by atoms with E-state index in [4.69, 9.17) is 4.74 Å². The summed E-state index contributed by atoms with van der Waals surface area (Å²) < 4.78 is 4.69. The molecule has 0 saturated heterocycles. The van der Waals surface area contributed by atoms with Crippen LogP contribution < -0.4 is 0 Å². The molecule has 0 unspecified atom stereocenters. The van der Waals surface area contributed by atoms with Gasteiger partial charge in [0, 0.05) is 45.9 Å². The molecule has 0 aromatic heterocycles. The van der Waals surface area contributed by atoms with Gasteiger partial charge in [-0.25, -0.2) is 0 Å². The molecule has 0 atom stereocenters. The molecule has 0 spiro atoms. The second kappa shape index (κ2) is 42.5. The standard InChI is InChI=1S/C8H12.C6H10.C5H10N2.C5H13N.C4H10O.C4H10.C2H6/c1-7-3-5-8(2)6-4-7;1-3-5-6-4-2;1-5-3-4-7(2)6-5;1-4-5-6(2)3;1-3-4-5-2;1-3-4-2;1-2/h3,5H,4,6H2,1-2H3;3,5H2,1-2H3;3-4H2,1-2H3;4-5H2,1-3H3;3-4H2,1-2H3;3-4H2,1-2H3;1-2H3. The molecule has 0 N–H and O–H groups in total. The summed E-state index contributed by atoms with van der Waals surface area (Å²) in [6.07, 6.45) is 15.3. The predicted octanol–water partition coefficient (Wildman–Crippen LogP) is 10.0. The van der Waals surface area contributed by atoms with Gasteiger partial charge in [0.25, 0.3) is 0 Å². The lowest BCUT2D eigenvalue weighted by molar-refractivity contribution is 0.199. The fourth-order valence-electron chi connectivity index (χ4n) is 2.46. The van der Waals surface area contributed by atoms with Gasteiger partial charge in [0.15, 0.2) is 0 Å². The molecule has 0 amide bonds. The van der Waals surface area contributed by atoms with E-state index >= 15 is 0 Å². The lowest BCUT2D eigenvalue weighted by atomic mass is 10.0. The summed E-state index contributed by atoms with van der Waals surface area (Å²) in [7, 11) is 7.88. The fourth-order valence-corrected chi connectivity index (χ4v) is 2.46. The van der Waals surface area contributed by atoms with Crippen molar-refractivity contribution in [1.82, 2.24) is 9.91 Å². The zero-order valence-corrected chi connectivity index (χ0v) is 28.9. The highest BCUT2D eigenvalue weighted by atomic mass is 16.5. The number of ether oxygens (including phenoxy) is 1. The highest BCUT2D eigenvalue weighted by Crippen LogP contribution is 2.16. The minimum atomic E-state index is 0.889. The number of hydrogen-bond acceptors (Lipinski definition) is 4. The molecule has 0 fully saturated rings. The minimum absolute atomic E-state index is 0.889. The van der Waals surface area contributed by atoms with Crippen molar-refractivity contribution in [1.29, 1.82) is 0 Å². The predicted molar refractivity (Wildman–Crippen MR) is 178 cm³/mol. The van der Waals surface area contributed by atoms with Crippen LogP contribution in [0.15, 0.2) is 28.4 Å². The molecule has 0 bridgehead atoms. The number of hydrazone groups is 1. The third-order valence-corrected chi connectivity index (χ3v) is 4.84. The normalized spacial score (nSPS) is 12.5. The molecule has 1 heterocycles. The number of methoxy groups -OCH3 is 1. The van der Waals surface area contributed by atoms with Gasteiger partial charge >= 0.3 is 0 Å². The van der Waals surface area contributed by atoms with Crippen LogP contribution in [0.25, 0.3) is 0 Å². The van der Waals surface area contributed by atoms with Crippen molar-refractivity contribution in [2.75, 3.05) is 47.9 Å². The van der Waals surface area contributed by atoms with Crippen LogP contribution in [0, 0.1) is 11.8 Å². The first-order valence-corrected chi connectivity index (χ1v) is 15.2. The van der Waals surface area contributed by atoms with Crippen molar-refractivity contribution in [3.8, 4) is 11.8 Å². The van der Waals surface area contributed by atoms with Crippen molar-refractivity contribution in [3.63, 3.8) is 0 Å². The van der Waals surface area contributed by atoms with E-state index in [-0.39, 0.29) is 0 Å². The van der Waals surface area contributed by atoms with E-state index in [1.807, 2.05) is 32.8 Å². The van der Waals surface area contributed by atoms with Gasteiger partial charge in [-0.3, -0.25) is 5.01 Å². The van der Waals surface area contributed by atoms with E-state index in [2.05, 4.69) is 103 Å². The first kappa shape index (κ1) is 46.3. The summed E-state index contributed by atoms with van der Waals surface area (Å²) in [6.45, 7) is 26.3. The van der Waals surface area contributed by atoms with Crippen LogP contribution in [0.5, 0.6) is 0 Å². The minimum Gasteiger partial charge on any atom is -0.385 e. The fraction of sp³-hybridized carbons (Fsp3) is 0.794. The average Bonchev–Trinajstić information content (AvgIpc) is 3.30. The molecule has 4 heteroatoms. The molecular formula is C34H71N3O. The second-order valence-corrected chi connectivity index (χ2v) is 9.47. The Morgan fingerprint density at radius 3 is 1.45 bits per heavy atom. The molecule has 1 aliphatic carbocycles. The van der Waals surface area contributed by atoms with Gasteiger partial charge in [-0.05, 0) is 80.4 Å². The maximum atomic E-state index is 4.69. The zero-order chi connectivity index (χ0) is 30.6. The Balaban J connectivity index is -0.000000115. The molecule has 1 aliphatic heterocycles. The van der Waals surface area contributed by atoms with Crippen molar-refractivity contribution in [3.05, 3.63) is 23.3 Å². The molecule has 0 aromatic rings. The first-order valence-electron chi connectivity index (χ1n) is 15.2.